The van der Waals surface area contributed by atoms with Crippen molar-refractivity contribution in [3.05, 3.63) is 121 Å². The second kappa shape index (κ2) is 10.9. The van der Waals surface area contributed by atoms with Crippen molar-refractivity contribution in [3.8, 4) is 5.69 Å². The number of aromatic nitrogens is 2. The molecule has 11 heteroatoms. The van der Waals surface area contributed by atoms with Crippen LogP contribution in [0.15, 0.2) is 82.1 Å². The lowest BCUT2D eigenvalue weighted by atomic mass is 10.1. The molecule has 0 unspecified atom stereocenters. The number of rotatable bonds is 6. The molecule has 0 saturated carbocycles. The van der Waals surface area contributed by atoms with Crippen LogP contribution >= 0.6 is 27.5 Å². The summed E-state index contributed by atoms with van der Waals surface area (Å²) in [4.78, 5) is 54.0. The first-order valence-electron chi connectivity index (χ1n) is 12.1. The van der Waals surface area contributed by atoms with Crippen LogP contribution in [0.1, 0.15) is 42.5 Å². The molecule has 4 aromatic rings. The zero-order chi connectivity index (χ0) is 27.7. The maximum atomic E-state index is 13.6. The molecule has 0 atom stereocenters. The number of fused-ring (bicyclic) bond motifs is 1. The summed E-state index contributed by atoms with van der Waals surface area (Å²) in [5.41, 5.74) is 7.28. The Kier molecular flexibility index (Phi) is 7.40. The predicted octanol–water partition coefficient (Wildman–Crippen LogP) is 3.74. The van der Waals surface area contributed by atoms with Gasteiger partial charge in [-0.15, -0.1) is 0 Å². The van der Waals surface area contributed by atoms with Gasteiger partial charge in [0.05, 0.1) is 22.9 Å². The molecule has 0 radical (unpaired) electrons. The standard InChI is InChI=1S/C28H23BrClN5O4/c29-21-10-9-19(14-22(21)30)27(38)33-11-12-34-23(16-33)24(26(37)32-15-17-5-2-1-3-6-17)35(28(34)39)20-8-4-7-18(13-20)25(31)36/h1-10,13-14H,11-12,15-16H2,(H2,31,36)(H,32,37). The molecule has 39 heavy (non-hydrogen) atoms. The Morgan fingerprint density at radius 2 is 1.72 bits per heavy atom. The van der Waals surface area contributed by atoms with Crippen LogP contribution in [0.4, 0.5) is 0 Å². The molecule has 0 fully saturated rings. The summed E-state index contributed by atoms with van der Waals surface area (Å²) in [6, 6.07) is 20.5. The normalized spacial score (nSPS) is 12.6. The number of hydrogen-bond donors (Lipinski definition) is 2. The summed E-state index contributed by atoms with van der Waals surface area (Å²) in [6.45, 7) is 0.708. The van der Waals surface area contributed by atoms with E-state index >= 15 is 0 Å². The minimum atomic E-state index is -0.658. The highest BCUT2D eigenvalue weighted by Crippen LogP contribution is 2.26. The minimum Gasteiger partial charge on any atom is -0.366 e. The Morgan fingerprint density at radius 1 is 0.949 bits per heavy atom. The van der Waals surface area contributed by atoms with E-state index in [1.165, 1.54) is 21.3 Å². The van der Waals surface area contributed by atoms with Gasteiger partial charge in [0.25, 0.3) is 11.8 Å². The highest BCUT2D eigenvalue weighted by atomic mass is 79.9. The van der Waals surface area contributed by atoms with E-state index < -0.39 is 17.5 Å². The van der Waals surface area contributed by atoms with Crippen molar-refractivity contribution >= 4 is 45.3 Å². The van der Waals surface area contributed by atoms with Gasteiger partial charge in [0, 0.05) is 35.2 Å². The number of imidazole rings is 1. The highest BCUT2D eigenvalue weighted by Gasteiger charge is 2.32. The molecule has 198 valence electrons. The number of nitrogens with two attached hydrogens (primary N) is 1. The number of benzene rings is 3. The number of hydrogen-bond acceptors (Lipinski definition) is 4. The fraction of sp³-hybridized carbons (Fsp3) is 0.143. The zero-order valence-corrected chi connectivity index (χ0v) is 22.9. The van der Waals surface area contributed by atoms with Crippen LogP contribution in [0.2, 0.25) is 5.02 Å². The lowest BCUT2D eigenvalue weighted by Gasteiger charge is -2.28. The molecule has 0 aliphatic carbocycles. The Labute approximate surface area is 236 Å². The SMILES string of the molecule is NC(=O)c1cccc(-n2c(C(=O)NCc3ccccc3)c3n(c2=O)CCN(C(=O)c2ccc(Br)c(Cl)c2)C3)c1. The first-order chi connectivity index (χ1) is 18.7. The Balaban J connectivity index is 1.56. The third kappa shape index (κ3) is 5.25. The van der Waals surface area contributed by atoms with Crippen LogP contribution in [0.25, 0.3) is 5.69 Å². The summed E-state index contributed by atoms with van der Waals surface area (Å²) in [7, 11) is 0. The molecule has 5 rings (SSSR count). The summed E-state index contributed by atoms with van der Waals surface area (Å²) >= 11 is 9.53. The van der Waals surface area contributed by atoms with Crippen LogP contribution in [0.5, 0.6) is 0 Å². The summed E-state index contributed by atoms with van der Waals surface area (Å²) < 4.78 is 3.43. The number of primary amides is 1. The van der Waals surface area contributed by atoms with E-state index in [1.807, 2.05) is 30.3 Å². The van der Waals surface area contributed by atoms with Gasteiger partial charge in [-0.1, -0.05) is 48.0 Å². The van der Waals surface area contributed by atoms with E-state index in [0.29, 0.717) is 26.4 Å². The van der Waals surface area contributed by atoms with Crippen molar-refractivity contribution in [2.24, 2.45) is 5.73 Å². The third-order valence-electron chi connectivity index (χ3n) is 6.53. The summed E-state index contributed by atoms with van der Waals surface area (Å²) in [5.74, 6) is -1.42. The number of nitrogens with one attached hydrogen (secondary N) is 1. The molecule has 3 amide bonds. The molecule has 0 spiro atoms. The molecule has 1 aromatic heterocycles. The lowest BCUT2D eigenvalue weighted by Crippen LogP contribution is -2.41. The average Bonchev–Trinajstić information content (AvgIpc) is 3.25. The largest absolute Gasteiger partial charge is 0.366 e. The molecule has 1 aliphatic rings. The molecular weight excluding hydrogens is 586 g/mol. The molecular formula is C28H23BrClN5O4. The van der Waals surface area contributed by atoms with Crippen molar-refractivity contribution in [1.82, 2.24) is 19.4 Å². The Hall–Kier alpha value is -4.15. The fourth-order valence-corrected chi connectivity index (χ4v) is 5.00. The van der Waals surface area contributed by atoms with Gasteiger partial charge >= 0.3 is 5.69 Å². The smallest absolute Gasteiger partial charge is 0.333 e. The number of carbonyl (C=O) groups excluding carboxylic acids is 3. The topological polar surface area (TPSA) is 119 Å². The van der Waals surface area contributed by atoms with E-state index in [0.717, 1.165) is 5.56 Å². The summed E-state index contributed by atoms with van der Waals surface area (Å²) in [6.07, 6.45) is 0. The van der Waals surface area contributed by atoms with Crippen molar-refractivity contribution in [2.45, 2.75) is 19.6 Å². The van der Waals surface area contributed by atoms with Crippen LogP contribution in [-0.4, -0.2) is 38.3 Å². The number of amides is 3. The average molecular weight is 609 g/mol. The number of halogens is 2. The van der Waals surface area contributed by atoms with Crippen LogP contribution in [0.3, 0.4) is 0 Å². The van der Waals surface area contributed by atoms with E-state index in [-0.39, 0.29) is 43.3 Å². The van der Waals surface area contributed by atoms with Crippen LogP contribution in [0, 0.1) is 0 Å². The fourth-order valence-electron chi connectivity index (χ4n) is 4.58. The van der Waals surface area contributed by atoms with Crippen LogP contribution < -0.4 is 16.7 Å². The molecule has 1 aliphatic heterocycles. The Bertz CT molecular complexity index is 1660. The maximum Gasteiger partial charge on any atom is 0.333 e. The van der Waals surface area contributed by atoms with E-state index in [1.54, 1.807) is 35.2 Å². The van der Waals surface area contributed by atoms with Gasteiger partial charge in [-0.2, -0.15) is 0 Å². The van der Waals surface area contributed by atoms with Gasteiger partial charge in [0.1, 0.15) is 5.69 Å². The van der Waals surface area contributed by atoms with E-state index in [4.69, 9.17) is 17.3 Å². The van der Waals surface area contributed by atoms with Gasteiger partial charge in [-0.05, 0) is 57.9 Å². The lowest BCUT2D eigenvalue weighted by molar-refractivity contribution is 0.0706. The van der Waals surface area contributed by atoms with Gasteiger partial charge in [0.2, 0.25) is 5.91 Å². The van der Waals surface area contributed by atoms with E-state index in [2.05, 4.69) is 21.2 Å². The predicted molar refractivity (Wildman–Crippen MR) is 150 cm³/mol. The molecule has 3 aromatic carbocycles. The Morgan fingerprint density at radius 3 is 2.44 bits per heavy atom. The molecule has 0 saturated heterocycles. The van der Waals surface area contributed by atoms with Crippen molar-refractivity contribution in [3.63, 3.8) is 0 Å². The first kappa shape index (κ1) is 26.5. The number of carbonyl (C=O) groups is 3. The van der Waals surface area contributed by atoms with Gasteiger partial charge < -0.3 is 16.0 Å². The third-order valence-corrected chi connectivity index (χ3v) is 7.77. The van der Waals surface area contributed by atoms with Gasteiger partial charge in [-0.3, -0.25) is 23.5 Å². The molecule has 0 bridgehead atoms. The van der Waals surface area contributed by atoms with Crippen LogP contribution in [-0.2, 0) is 19.6 Å². The molecule has 2 heterocycles. The van der Waals surface area contributed by atoms with E-state index in [9.17, 15) is 19.2 Å². The maximum absolute atomic E-state index is 13.6. The quantitative estimate of drug-likeness (QED) is 0.347. The second-order valence-corrected chi connectivity index (χ2v) is 10.3. The first-order valence-corrected chi connectivity index (χ1v) is 13.2. The summed E-state index contributed by atoms with van der Waals surface area (Å²) in [5, 5.41) is 3.29. The highest BCUT2D eigenvalue weighted by molar-refractivity contribution is 9.10. The van der Waals surface area contributed by atoms with Gasteiger partial charge in [0.15, 0.2) is 0 Å². The minimum absolute atomic E-state index is 0.0261. The second-order valence-electron chi connectivity index (χ2n) is 9.00. The molecule has 9 nitrogen and oxygen atoms in total. The van der Waals surface area contributed by atoms with Crippen molar-refractivity contribution in [1.29, 1.82) is 0 Å². The number of nitrogens with zero attached hydrogens (tertiary/aromatic N) is 3. The molecule has 3 N–H and O–H groups in total. The van der Waals surface area contributed by atoms with Crippen molar-refractivity contribution in [2.75, 3.05) is 6.54 Å². The monoisotopic (exact) mass is 607 g/mol. The zero-order valence-electron chi connectivity index (χ0n) is 20.6. The van der Waals surface area contributed by atoms with Gasteiger partial charge in [-0.25, -0.2) is 4.79 Å². The van der Waals surface area contributed by atoms with Crippen molar-refractivity contribution < 1.29 is 14.4 Å².